The highest BCUT2D eigenvalue weighted by Gasteiger charge is 2.33. The number of hydrogen-bond donors (Lipinski definition) is 1. The maximum Gasteiger partial charge on any atom is 0.254 e. The van der Waals surface area contributed by atoms with Crippen molar-refractivity contribution in [3.05, 3.63) is 33.8 Å². The van der Waals surface area contributed by atoms with Crippen LogP contribution in [-0.2, 0) is 4.79 Å². The molecule has 0 bridgehead atoms. The summed E-state index contributed by atoms with van der Waals surface area (Å²) in [7, 11) is 3.43. The lowest BCUT2D eigenvalue weighted by Crippen LogP contribution is -2.59. The first-order valence-electron chi connectivity index (χ1n) is 6.91. The van der Waals surface area contributed by atoms with Crippen LogP contribution in [0.15, 0.2) is 22.7 Å². The lowest BCUT2D eigenvalue weighted by molar-refractivity contribution is -0.134. The van der Waals surface area contributed by atoms with E-state index in [4.69, 9.17) is 0 Å². The van der Waals surface area contributed by atoms with Crippen LogP contribution in [0.1, 0.15) is 15.9 Å². The molecule has 1 fully saturated rings. The number of halogens is 1. The molecule has 0 radical (unpaired) electrons. The average molecular weight is 354 g/mol. The lowest BCUT2D eigenvalue weighted by atomic mass is 10.0. The van der Waals surface area contributed by atoms with Crippen LogP contribution in [0.2, 0.25) is 0 Å². The van der Waals surface area contributed by atoms with Gasteiger partial charge in [0, 0.05) is 43.8 Å². The number of nitrogens with one attached hydrogen (secondary N) is 1. The number of carbonyl (C=O) groups excluding carboxylic acids is 2. The number of piperazine rings is 1. The van der Waals surface area contributed by atoms with E-state index in [1.54, 1.807) is 25.1 Å². The Morgan fingerprint density at radius 1 is 1.38 bits per heavy atom. The fourth-order valence-electron chi connectivity index (χ4n) is 2.49. The standard InChI is InChI=1S/C15H20BrN3O2/c1-10-8-11(16)4-5-12(10)14(20)19-7-6-17-9-13(19)15(21)18(2)3/h4-5,8,13,17H,6-7,9H2,1-3H3. The molecule has 0 saturated carbocycles. The number of nitrogens with zero attached hydrogens (tertiary/aromatic N) is 2. The number of benzene rings is 1. The Bertz CT molecular complexity index is 560. The average Bonchev–Trinajstić information content (AvgIpc) is 2.45. The van der Waals surface area contributed by atoms with Crippen molar-refractivity contribution in [1.29, 1.82) is 0 Å². The summed E-state index contributed by atoms with van der Waals surface area (Å²) in [4.78, 5) is 28.3. The molecule has 21 heavy (non-hydrogen) atoms. The molecule has 1 aromatic carbocycles. The van der Waals surface area contributed by atoms with Crippen LogP contribution in [-0.4, -0.2) is 61.4 Å². The zero-order valence-corrected chi connectivity index (χ0v) is 14.1. The van der Waals surface area contributed by atoms with Crippen LogP contribution in [0.5, 0.6) is 0 Å². The van der Waals surface area contributed by atoms with Gasteiger partial charge in [0.05, 0.1) is 0 Å². The minimum atomic E-state index is -0.440. The number of carbonyl (C=O) groups is 2. The number of rotatable bonds is 2. The van der Waals surface area contributed by atoms with Crippen molar-refractivity contribution in [3.8, 4) is 0 Å². The van der Waals surface area contributed by atoms with Crippen LogP contribution in [0, 0.1) is 6.92 Å². The summed E-state index contributed by atoms with van der Waals surface area (Å²) in [6.07, 6.45) is 0. The molecule has 0 aromatic heterocycles. The van der Waals surface area contributed by atoms with Crippen molar-refractivity contribution in [2.45, 2.75) is 13.0 Å². The number of amides is 2. The second kappa shape index (κ2) is 6.58. The summed E-state index contributed by atoms with van der Waals surface area (Å²) in [5.74, 6) is -0.132. The quantitative estimate of drug-likeness (QED) is 0.870. The maximum atomic E-state index is 12.8. The normalized spacial score (nSPS) is 18.5. The Labute approximate surface area is 133 Å². The fraction of sp³-hybridized carbons (Fsp3) is 0.467. The van der Waals surface area contributed by atoms with Gasteiger partial charge in [0.15, 0.2) is 0 Å². The molecule has 1 aromatic rings. The first kappa shape index (κ1) is 16.0. The van der Waals surface area contributed by atoms with Crippen molar-refractivity contribution < 1.29 is 9.59 Å². The highest BCUT2D eigenvalue weighted by Crippen LogP contribution is 2.19. The Balaban J connectivity index is 2.28. The first-order valence-corrected chi connectivity index (χ1v) is 7.70. The van der Waals surface area contributed by atoms with Crippen molar-refractivity contribution in [3.63, 3.8) is 0 Å². The molecule has 1 N–H and O–H groups in total. The van der Waals surface area contributed by atoms with Crippen molar-refractivity contribution in [2.24, 2.45) is 0 Å². The molecule has 1 saturated heterocycles. The van der Waals surface area contributed by atoms with Crippen LogP contribution < -0.4 is 5.32 Å². The highest BCUT2D eigenvalue weighted by atomic mass is 79.9. The van der Waals surface area contributed by atoms with Gasteiger partial charge in [-0.3, -0.25) is 9.59 Å². The minimum Gasteiger partial charge on any atom is -0.347 e. The Hall–Kier alpha value is -1.40. The van der Waals surface area contributed by atoms with E-state index in [1.807, 2.05) is 19.1 Å². The van der Waals surface area contributed by atoms with Gasteiger partial charge >= 0.3 is 0 Å². The zero-order valence-electron chi connectivity index (χ0n) is 12.5. The van der Waals surface area contributed by atoms with E-state index in [1.165, 1.54) is 4.90 Å². The van der Waals surface area contributed by atoms with Crippen molar-refractivity contribution in [2.75, 3.05) is 33.7 Å². The summed E-state index contributed by atoms with van der Waals surface area (Å²) in [5, 5.41) is 3.18. The van der Waals surface area contributed by atoms with E-state index in [0.717, 1.165) is 10.0 Å². The summed E-state index contributed by atoms with van der Waals surface area (Å²) >= 11 is 3.40. The van der Waals surface area contributed by atoms with Crippen molar-refractivity contribution in [1.82, 2.24) is 15.1 Å². The molecular formula is C15H20BrN3O2. The first-order chi connectivity index (χ1) is 9.91. The van der Waals surface area contributed by atoms with Gasteiger partial charge in [-0.05, 0) is 30.7 Å². The second-order valence-corrected chi connectivity index (χ2v) is 6.33. The Kier molecular flexibility index (Phi) is 5.00. The summed E-state index contributed by atoms with van der Waals surface area (Å²) in [6.45, 7) is 3.65. The predicted octanol–water partition coefficient (Wildman–Crippen LogP) is 1.26. The highest BCUT2D eigenvalue weighted by molar-refractivity contribution is 9.10. The number of aryl methyl sites for hydroxylation is 1. The third-order valence-corrected chi connectivity index (χ3v) is 4.14. The van der Waals surface area contributed by atoms with Crippen molar-refractivity contribution >= 4 is 27.7 Å². The molecule has 1 aliphatic rings. The van der Waals surface area contributed by atoms with Gasteiger partial charge in [-0.1, -0.05) is 15.9 Å². The minimum absolute atomic E-state index is 0.0506. The predicted molar refractivity (Wildman–Crippen MR) is 85.3 cm³/mol. The van der Waals surface area contributed by atoms with E-state index in [-0.39, 0.29) is 11.8 Å². The van der Waals surface area contributed by atoms with Crippen LogP contribution >= 0.6 is 15.9 Å². The number of hydrogen-bond acceptors (Lipinski definition) is 3. The molecule has 0 spiro atoms. The third kappa shape index (κ3) is 3.44. The monoisotopic (exact) mass is 353 g/mol. The van der Waals surface area contributed by atoms with E-state index in [2.05, 4.69) is 21.2 Å². The molecular weight excluding hydrogens is 334 g/mol. The van der Waals surface area contributed by atoms with E-state index >= 15 is 0 Å². The topological polar surface area (TPSA) is 52.7 Å². The molecule has 1 heterocycles. The van der Waals surface area contributed by atoms with E-state index < -0.39 is 6.04 Å². The summed E-state index contributed by atoms with van der Waals surface area (Å²) in [6, 6.07) is 5.13. The third-order valence-electron chi connectivity index (χ3n) is 3.65. The second-order valence-electron chi connectivity index (χ2n) is 5.41. The van der Waals surface area contributed by atoms with Gasteiger partial charge in [0.25, 0.3) is 5.91 Å². The van der Waals surface area contributed by atoms with Crippen LogP contribution in [0.25, 0.3) is 0 Å². The smallest absolute Gasteiger partial charge is 0.254 e. The Morgan fingerprint density at radius 3 is 2.71 bits per heavy atom. The maximum absolute atomic E-state index is 12.8. The molecule has 0 aliphatic carbocycles. The molecule has 5 nitrogen and oxygen atoms in total. The molecule has 2 amide bonds. The molecule has 114 valence electrons. The molecule has 1 aliphatic heterocycles. The van der Waals surface area contributed by atoms with Gasteiger partial charge in [-0.15, -0.1) is 0 Å². The van der Waals surface area contributed by atoms with Gasteiger partial charge in [-0.25, -0.2) is 0 Å². The van der Waals surface area contributed by atoms with Gasteiger partial charge in [-0.2, -0.15) is 0 Å². The molecule has 1 atom stereocenters. The molecule has 6 heteroatoms. The summed E-state index contributed by atoms with van der Waals surface area (Å²) in [5.41, 5.74) is 1.56. The van der Waals surface area contributed by atoms with Crippen LogP contribution in [0.3, 0.4) is 0 Å². The van der Waals surface area contributed by atoms with E-state index in [0.29, 0.717) is 25.2 Å². The van der Waals surface area contributed by atoms with E-state index in [9.17, 15) is 9.59 Å². The SMILES string of the molecule is Cc1cc(Br)ccc1C(=O)N1CCNCC1C(=O)N(C)C. The van der Waals surface area contributed by atoms with Crippen LogP contribution in [0.4, 0.5) is 0 Å². The molecule has 2 rings (SSSR count). The summed E-state index contributed by atoms with van der Waals surface area (Å²) < 4.78 is 0.942. The molecule has 1 unspecified atom stereocenters. The van der Waals surface area contributed by atoms with Gasteiger partial charge in [0.2, 0.25) is 5.91 Å². The zero-order chi connectivity index (χ0) is 15.6. The largest absolute Gasteiger partial charge is 0.347 e. The fourth-order valence-corrected chi connectivity index (χ4v) is 2.96. The van der Waals surface area contributed by atoms with Gasteiger partial charge < -0.3 is 15.1 Å². The van der Waals surface area contributed by atoms with Gasteiger partial charge in [0.1, 0.15) is 6.04 Å². The number of likely N-dealkylation sites (N-methyl/N-ethyl adjacent to an activating group) is 1. The Morgan fingerprint density at radius 2 is 2.10 bits per heavy atom. The lowest BCUT2D eigenvalue weighted by Gasteiger charge is -2.36.